The Morgan fingerprint density at radius 2 is 2.21 bits per heavy atom. The molecule has 1 amide bonds. The largest absolute Gasteiger partial charge is 0.361 e. The summed E-state index contributed by atoms with van der Waals surface area (Å²) in [5, 5.41) is 4.46. The third-order valence-corrected chi connectivity index (χ3v) is 7.05. The molecule has 1 N–H and O–H groups in total. The SMILES string of the molecule is CC[C@]1(C(C)C)SC(N[C@H]2C[C@@H]3CC[C@H]2C3)=NC1=O. The molecular formula is C15H24N2OS. The van der Waals surface area contributed by atoms with Crippen LogP contribution in [0.15, 0.2) is 4.99 Å². The van der Waals surface area contributed by atoms with Crippen LogP contribution in [0.25, 0.3) is 0 Å². The lowest BCUT2D eigenvalue weighted by Crippen LogP contribution is -2.39. The number of aliphatic imine (C=N–C) groups is 1. The van der Waals surface area contributed by atoms with Crippen LogP contribution in [0.1, 0.15) is 52.9 Å². The van der Waals surface area contributed by atoms with E-state index < -0.39 is 0 Å². The van der Waals surface area contributed by atoms with Crippen LogP contribution in [-0.2, 0) is 4.79 Å². The summed E-state index contributed by atoms with van der Waals surface area (Å²) in [7, 11) is 0. The molecule has 4 heteroatoms. The van der Waals surface area contributed by atoms with Gasteiger partial charge in [0.2, 0.25) is 0 Å². The summed E-state index contributed by atoms with van der Waals surface area (Å²) >= 11 is 1.68. The standard InChI is InChI=1S/C15H24N2OS/c1-4-15(9(2)3)13(18)17-14(19-15)16-12-8-10-5-6-11(12)7-10/h9-12H,4-8H2,1-3H3,(H,16,17,18)/t10-,11+,12+,15-/m1/s1. The minimum absolute atomic E-state index is 0.0701. The fourth-order valence-corrected chi connectivity index (χ4v) is 5.26. The molecule has 2 fully saturated rings. The number of hydrogen-bond acceptors (Lipinski definition) is 3. The number of carbonyl (C=O) groups is 1. The minimum atomic E-state index is -0.319. The lowest BCUT2D eigenvalue weighted by molar-refractivity contribution is -0.120. The Kier molecular flexibility index (Phi) is 3.40. The topological polar surface area (TPSA) is 41.5 Å². The second-order valence-corrected chi connectivity index (χ2v) is 7.97. The molecule has 2 aliphatic carbocycles. The predicted octanol–water partition coefficient (Wildman–Crippen LogP) is 3.20. The fraction of sp³-hybridized carbons (Fsp3) is 0.867. The lowest BCUT2D eigenvalue weighted by Gasteiger charge is -2.29. The van der Waals surface area contributed by atoms with E-state index in [1.54, 1.807) is 11.8 Å². The summed E-state index contributed by atoms with van der Waals surface area (Å²) in [5.41, 5.74) is 0. The van der Waals surface area contributed by atoms with Crippen LogP contribution in [0, 0.1) is 17.8 Å². The summed E-state index contributed by atoms with van der Waals surface area (Å²) < 4.78 is -0.319. The van der Waals surface area contributed by atoms with E-state index in [9.17, 15) is 4.79 Å². The Bertz CT molecular complexity index is 420. The zero-order valence-corrected chi connectivity index (χ0v) is 12.9. The van der Waals surface area contributed by atoms with Crippen LogP contribution in [0.5, 0.6) is 0 Å². The Morgan fingerprint density at radius 1 is 1.42 bits per heavy atom. The fourth-order valence-electron chi connectivity index (χ4n) is 4.06. The maximum atomic E-state index is 12.3. The number of fused-ring (bicyclic) bond motifs is 2. The molecule has 0 saturated heterocycles. The van der Waals surface area contributed by atoms with Crippen LogP contribution in [0.4, 0.5) is 0 Å². The third kappa shape index (κ3) is 2.12. The number of amidine groups is 1. The van der Waals surface area contributed by atoms with Crippen molar-refractivity contribution in [3.05, 3.63) is 0 Å². The van der Waals surface area contributed by atoms with Gasteiger partial charge in [-0.1, -0.05) is 39.0 Å². The molecule has 4 atom stereocenters. The molecule has 19 heavy (non-hydrogen) atoms. The van der Waals surface area contributed by atoms with Gasteiger partial charge < -0.3 is 5.32 Å². The maximum absolute atomic E-state index is 12.3. The van der Waals surface area contributed by atoms with Crippen molar-refractivity contribution in [2.75, 3.05) is 0 Å². The van der Waals surface area contributed by atoms with Gasteiger partial charge in [0.05, 0.1) is 0 Å². The Labute approximate surface area is 120 Å². The monoisotopic (exact) mass is 280 g/mol. The summed E-state index contributed by atoms with van der Waals surface area (Å²) in [4.78, 5) is 16.6. The molecule has 3 aliphatic rings. The van der Waals surface area contributed by atoms with Crippen molar-refractivity contribution < 1.29 is 4.79 Å². The number of thioether (sulfide) groups is 1. The number of amides is 1. The molecule has 0 radical (unpaired) electrons. The first-order valence-corrected chi connectivity index (χ1v) is 8.45. The van der Waals surface area contributed by atoms with Crippen molar-refractivity contribution in [2.24, 2.45) is 22.7 Å². The number of carbonyl (C=O) groups excluding carboxylic acids is 1. The molecule has 1 aliphatic heterocycles. The predicted molar refractivity (Wildman–Crippen MR) is 80.3 cm³/mol. The highest BCUT2D eigenvalue weighted by Gasteiger charge is 2.48. The average Bonchev–Trinajstić information content (AvgIpc) is 3.03. The highest BCUT2D eigenvalue weighted by Crippen LogP contribution is 2.46. The molecule has 3 nitrogen and oxygen atoms in total. The van der Waals surface area contributed by atoms with Gasteiger partial charge in [-0.15, -0.1) is 0 Å². The maximum Gasteiger partial charge on any atom is 0.265 e. The molecule has 2 bridgehead atoms. The van der Waals surface area contributed by atoms with Crippen molar-refractivity contribution >= 4 is 22.8 Å². The number of hydrogen-bond donors (Lipinski definition) is 1. The molecular weight excluding hydrogens is 256 g/mol. The first-order chi connectivity index (χ1) is 9.05. The van der Waals surface area contributed by atoms with E-state index in [1.807, 2.05) is 0 Å². The first-order valence-electron chi connectivity index (χ1n) is 7.64. The van der Waals surface area contributed by atoms with E-state index in [1.165, 1.54) is 25.7 Å². The summed E-state index contributed by atoms with van der Waals surface area (Å²) in [6.07, 6.45) is 6.29. The van der Waals surface area contributed by atoms with Crippen LogP contribution in [-0.4, -0.2) is 21.9 Å². The molecule has 0 unspecified atom stereocenters. The van der Waals surface area contributed by atoms with Crippen LogP contribution in [0.3, 0.4) is 0 Å². The number of rotatable bonds is 3. The van der Waals surface area contributed by atoms with Gasteiger partial charge in [0.1, 0.15) is 4.75 Å². The van der Waals surface area contributed by atoms with Crippen molar-refractivity contribution in [3.8, 4) is 0 Å². The minimum Gasteiger partial charge on any atom is -0.361 e. The highest BCUT2D eigenvalue weighted by atomic mass is 32.2. The summed E-state index contributed by atoms with van der Waals surface area (Å²) in [6.45, 7) is 6.36. The van der Waals surface area contributed by atoms with Gasteiger partial charge in [-0.05, 0) is 43.4 Å². The lowest BCUT2D eigenvalue weighted by atomic mass is 9.91. The van der Waals surface area contributed by atoms with E-state index in [2.05, 4.69) is 31.1 Å². The molecule has 0 aromatic heterocycles. The molecule has 106 valence electrons. The van der Waals surface area contributed by atoms with Crippen molar-refractivity contribution in [1.82, 2.24) is 5.32 Å². The number of nitrogens with zero attached hydrogens (tertiary/aromatic N) is 1. The Hall–Kier alpha value is -0.510. The molecule has 0 spiro atoms. The van der Waals surface area contributed by atoms with Crippen LogP contribution < -0.4 is 5.32 Å². The van der Waals surface area contributed by atoms with Gasteiger partial charge >= 0.3 is 0 Å². The van der Waals surface area contributed by atoms with E-state index >= 15 is 0 Å². The van der Waals surface area contributed by atoms with E-state index in [-0.39, 0.29) is 10.7 Å². The normalized spacial score (nSPS) is 41.2. The zero-order chi connectivity index (χ0) is 13.6. The second-order valence-electron chi connectivity index (χ2n) is 6.65. The summed E-state index contributed by atoms with van der Waals surface area (Å²) in [6, 6.07) is 0.567. The third-order valence-electron chi connectivity index (χ3n) is 5.35. The molecule has 1 heterocycles. The van der Waals surface area contributed by atoms with Gasteiger partial charge in [0.15, 0.2) is 5.17 Å². The van der Waals surface area contributed by atoms with E-state index in [4.69, 9.17) is 0 Å². The van der Waals surface area contributed by atoms with Crippen LogP contribution >= 0.6 is 11.8 Å². The first kappa shape index (κ1) is 13.5. The average molecular weight is 280 g/mol. The quantitative estimate of drug-likeness (QED) is 0.863. The number of nitrogens with one attached hydrogen (secondary N) is 1. The molecule has 0 aromatic rings. The zero-order valence-electron chi connectivity index (χ0n) is 12.1. The van der Waals surface area contributed by atoms with Crippen LogP contribution in [0.2, 0.25) is 0 Å². The van der Waals surface area contributed by atoms with E-state index in [0.29, 0.717) is 12.0 Å². The molecule has 3 rings (SSSR count). The van der Waals surface area contributed by atoms with Crippen molar-refractivity contribution in [3.63, 3.8) is 0 Å². The molecule has 0 aromatic carbocycles. The highest BCUT2D eigenvalue weighted by molar-refractivity contribution is 8.16. The molecule has 2 saturated carbocycles. The smallest absolute Gasteiger partial charge is 0.265 e. The van der Waals surface area contributed by atoms with E-state index in [0.717, 1.165) is 23.4 Å². The second kappa shape index (κ2) is 4.80. The van der Waals surface area contributed by atoms with Gasteiger partial charge in [0.25, 0.3) is 5.91 Å². The van der Waals surface area contributed by atoms with Gasteiger partial charge in [-0.3, -0.25) is 4.79 Å². The Morgan fingerprint density at radius 3 is 2.68 bits per heavy atom. The van der Waals surface area contributed by atoms with Crippen molar-refractivity contribution in [1.29, 1.82) is 0 Å². The van der Waals surface area contributed by atoms with Crippen molar-refractivity contribution in [2.45, 2.75) is 63.7 Å². The Balaban J connectivity index is 1.67. The summed E-state index contributed by atoms with van der Waals surface area (Å²) in [5.74, 6) is 2.14. The van der Waals surface area contributed by atoms with Gasteiger partial charge in [-0.25, -0.2) is 0 Å². The van der Waals surface area contributed by atoms with Gasteiger partial charge in [-0.2, -0.15) is 4.99 Å². The van der Waals surface area contributed by atoms with Gasteiger partial charge in [0, 0.05) is 6.04 Å².